The van der Waals surface area contributed by atoms with Gasteiger partial charge in [0.1, 0.15) is 6.26 Å². The molecule has 0 aliphatic rings. The van der Waals surface area contributed by atoms with Gasteiger partial charge < -0.3 is 14.8 Å². The highest BCUT2D eigenvalue weighted by Crippen LogP contribution is 2.00. The molecule has 1 amide bonds. The standard InChI is InChI=1S/C9H12N2O4/c1-5(9(13)14)3-10-7(12)8-11-6(2)4-15-8/h4-5H,3H2,1-2H3,(H,10,12)(H,13,14). The van der Waals surface area contributed by atoms with Gasteiger partial charge in [-0.2, -0.15) is 0 Å². The van der Waals surface area contributed by atoms with Crippen molar-refractivity contribution in [3.8, 4) is 0 Å². The van der Waals surface area contributed by atoms with Crippen LogP contribution in [0.2, 0.25) is 0 Å². The number of nitrogens with zero attached hydrogens (tertiary/aromatic N) is 1. The Balaban J connectivity index is 2.47. The second-order valence-corrected chi connectivity index (χ2v) is 3.24. The lowest BCUT2D eigenvalue weighted by Crippen LogP contribution is -2.31. The Morgan fingerprint density at radius 3 is 2.80 bits per heavy atom. The maximum Gasteiger partial charge on any atom is 0.308 e. The maximum atomic E-state index is 11.3. The quantitative estimate of drug-likeness (QED) is 0.755. The smallest absolute Gasteiger partial charge is 0.308 e. The van der Waals surface area contributed by atoms with Crippen LogP contribution in [0.4, 0.5) is 0 Å². The van der Waals surface area contributed by atoms with E-state index in [9.17, 15) is 9.59 Å². The normalized spacial score (nSPS) is 12.1. The number of nitrogens with one attached hydrogen (secondary N) is 1. The van der Waals surface area contributed by atoms with Crippen molar-refractivity contribution in [2.75, 3.05) is 6.54 Å². The van der Waals surface area contributed by atoms with Crippen LogP contribution in [0.25, 0.3) is 0 Å². The van der Waals surface area contributed by atoms with Crippen LogP contribution in [0.15, 0.2) is 10.7 Å². The van der Waals surface area contributed by atoms with E-state index < -0.39 is 17.8 Å². The Morgan fingerprint density at radius 2 is 2.33 bits per heavy atom. The number of rotatable bonds is 4. The average Bonchev–Trinajstić information content (AvgIpc) is 2.60. The molecule has 6 nitrogen and oxygen atoms in total. The molecule has 0 saturated heterocycles. The van der Waals surface area contributed by atoms with Crippen LogP contribution >= 0.6 is 0 Å². The molecule has 1 heterocycles. The number of amides is 1. The zero-order chi connectivity index (χ0) is 11.4. The number of aromatic nitrogens is 1. The highest BCUT2D eigenvalue weighted by atomic mass is 16.4. The number of carboxylic acids is 1. The van der Waals surface area contributed by atoms with Crippen LogP contribution in [0.1, 0.15) is 23.3 Å². The summed E-state index contributed by atoms with van der Waals surface area (Å²) in [6.45, 7) is 3.25. The summed E-state index contributed by atoms with van der Waals surface area (Å²) in [5, 5.41) is 11.0. The van der Waals surface area contributed by atoms with E-state index in [1.807, 2.05) is 0 Å². The van der Waals surface area contributed by atoms with Crippen LogP contribution in [-0.2, 0) is 4.79 Å². The van der Waals surface area contributed by atoms with Crippen LogP contribution in [0, 0.1) is 12.8 Å². The minimum absolute atomic E-state index is 0.0508. The van der Waals surface area contributed by atoms with E-state index in [2.05, 4.69) is 10.3 Å². The molecule has 0 radical (unpaired) electrons. The van der Waals surface area contributed by atoms with E-state index in [1.165, 1.54) is 13.2 Å². The van der Waals surface area contributed by atoms with Gasteiger partial charge >= 0.3 is 11.9 Å². The molecule has 1 unspecified atom stereocenters. The first-order valence-electron chi connectivity index (χ1n) is 4.44. The van der Waals surface area contributed by atoms with Gasteiger partial charge in [0.05, 0.1) is 11.6 Å². The second kappa shape index (κ2) is 4.59. The van der Waals surface area contributed by atoms with Crippen molar-refractivity contribution in [1.82, 2.24) is 10.3 Å². The molecule has 82 valence electrons. The van der Waals surface area contributed by atoms with Gasteiger partial charge in [0.15, 0.2) is 0 Å². The zero-order valence-electron chi connectivity index (χ0n) is 8.48. The minimum Gasteiger partial charge on any atom is -0.481 e. The summed E-state index contributed by atoms with van der Waals surface area (Å²) in [6.07, 6.45) is 1.36. The largest absolute Gasteiger partial charge is 0.481 e. The highest BCUT2D eigenvalue weighted by Gasteiger charge is 2.15. The molecule has 1 aromatic heterocycles. The highest BCUT2D eigenvalue weighted by molar-refractivity contribution is 5.89. The van der Waals surface area contributed by atoms with Crippen LogP contribution < -0.4 is 5.32 Å². The second-order valence-electron chi connectivity index (χ2n) is 3.24. The van der Waals surface area contributed by atoms with E-state index in [0.717, 1.165) is 0 Å². The minimum atomic E-state index is -0.959. The predicted octanol–water partition coefficient (Wildman–Crippen LogP) is 0.434. The molecule has 1 atom stereocenters. The summed E-state index contributed by atoms with van der Waals surface area (Å²) < 4.78 is 4.85. The summed E-state index contributed by atoms with van der Waals surface area (Å²) in [5.41, 5.74) is 0.603. The summed E-state index contributed by atoms with van der Waals surface area (Å²) in [7, 11) is 0. The van der Waals surface area contributed by atoms with E-state index >= 15 is 0 Å². The van der Waals surface area contributed by atoms with Gasteiger partial charge in [-0.25, -0.2) is 4.98 Å². The molecule has 2 N–H and O–H groups in total. The van der Waals surface area contributed by atoms with Gasteiger partial charge in [0.2, 0.25) is 0 Å². The Labute approximate surface area is 86.3 Å². The SMILES string of the molecule is Cc1coc(C(=O)NCC(C)C(=O)O)n1. The van der Waals surface area contributed by atoms with Gasteiger partial charge in [0, 0.05) is 6.54 Å². The average molecular weight is 212 g/mol. The summed E-state index contributed by atoms with van der Waals surface area (Å²) in [6, 6.07) is 0. The molecule has 0 aliphatic heterocycles. The van der Waals surface area contributed by atoms with Gasteiger partial charge in [0.25, 0.3) is 5.89 Å². The Hall–Kier alpha value is -1.85. The third kappa shape index (κ3) is 3.08. The summed E-state index contributed by atoms with van der Waals surface area (Å²) in [4.78, 5) is 25.6. The molecular formula is C9H12N2O4. The van der Waals surface area contributed by atoms with Crippen molar-refractivity contribution in [2.24, 2.45) is 5.92 Å². The number of aliphatic carboxylic acids is 1. The Bertz CT molecular complexity index is 372. The lowest BCUT2D eigenvalue weighted by molar-refractivity contribution is -0.140. The fourth-order valence-corrected chi connectivity index (χ4v) is 0.867. The fourth-order valence-electron chi connectivity index (χ4n) is 0.867. The lowest BCUT2D eigenvalue weighted by atomic mass is 10.2. The fraction of sp³-hybridized carbons (Fsp3) is 0.444. The summed E-state index contributed by atoms with van der Waals surface area (Å²) in [5.74, 6) is -2.15. The monoisotopic (exact) mass is 212 g/mol. The Morgan fingerprint density at radius 1 is 1.67 bits per heavy atom. The third-order valence-electron chi connectivity index (χ3n) is 1.80. The number of hydrogen-bond acceptors (Lipinski definition) is 4. The van der Waals surface area contributed by atoms with Crippen LogP contribution in [0.5, 0.6) is 0 Å². The third-order valence-corrected chi connectivity index (χ3v) is 1.80. The molecule has 0 spiro atoms. The molecule has 0 aliphatic carbocycles. The van der Waals surface area contributed by atoms with Gasteiger partial charge in [-0.1, -0.05) is 6.92 Å². The van der Waals surface area contributed by atoms with E-state index in [-0.39, 0.29) is 12.4 Å². The van der Waals surface area contributed by atoms with Crippen molar-refractivity contribution in [3.63, 3.8) is 0 Å². The summed E-state index contributed by atoms with van der Waals surface area (Å²) >= 11 is 0. The lowest BCUT2D eigenvalue weighted by Gasteiger charge is -2.05. The Kier molecular flexibility index (Phi) is 3.43. The van der Waals surface area contributed by atoms with Crippen molar-refractivity contribution in [1.29, 1.82) is 0 Å². The van der Waals surface area contributed by atoms with Crippen LogP contribution in [-0.4, -0.2) is 28.5 Å². The van der Waals surface area contributed by atoms with Gasteiger partial charge in [-0.3, -0.25) is 9.59 Å². The van der Waals surface area contributed by atoms with Gasteiger partial charge in [-0.15, -0.1) is 0 Å². The topological polar surface area (TPSA) is 92.4 Å². The van der Waals surface area contributed by atoms with E-state index in [1.54, 1.807) is 6.92 Å². The van der Waals surface area contributed by atoms with Gasteiger partial charge in [-0.05, 0) is 6.92 Å². The first kappa shape index (κ1) is 11.2. The molecule has 0 saturated carbocycles. The molecule has 0 fully saturated rings. The molecule has 1 aromatic rings. The van der Waals surface area contributed by atoms with Crippen LogP contribution in [0.3, 0.4) is 0 Å². The van der Waals surface area contributed by atoms with Crippen molar-refractivity contribution < 1.29 is 19.1 Å². The van der Waals surface area contributed by atoms with E-state index in [0.29, 0.717) is 5.69 Å². The zero-order valence-corrected chi connectivity index (χ0v) is 8.48. The molecule has 0 bridgehead atoms. The number of carbonyl (C=O) groups is 2. The van der Waals surface area contributed by atoms with Crippen molar-refractivity contribution in [3.05, 3.63) is 17.8 Å². The maximum absolute atomic E-state index is 11.3. The molecule has 15 heavy (non-hydrogen) atoms. The molecular weight excluding hydrogens is 200 g/mol. The molecule has 6 heteroatoms. The van der Waals surface area contributed by atoms with Crippen molar-refractivity contribution >= 4 is 11.9 Å². The first-order chi connectivity index (χ1) is 7.00. The number of oxazole rings is 1. The first-order valence-corrected chi connectivity index (χ1v) is 4.44. The number of carboxylic acid groups (broad SMARTS) is 1. The van der Waals surface area contributed by atoms with E-state index in [4.69, 9.17) is 9.52 Å². The number of aryl methyl sites for hydroxylation is 1. The number of carbonyl (C=O) groups excluding carboxylic acids is 1. The molecule has 0 aromatic carbocycles. The molecule has 1 rings (SSSR count). The predicted molar refractivity (Wildman–Crippen MR) is 50.4 cm³/mol. The van der Waals surface area contributed by atoms with Crippen molar-refractivity contribution in [2.45, 2.75) is 13.8 Å². The number of hydrogen-bond donors (Lipinski definition) is 2.